The number of thioether (sulfide) groups is 1. The lowest BCUT2D eigenvalue weighted by Crippen LogP contribution is -2.44. The molecule has 1 amide bonds. The fourth-order valence-corrected chi connectivity index (χ4v) is 3.81. The largest absolute Gasteiger partial charge is 0.325 e. The second kappa shape index (κ2) is 8.86. The van der Waals surface area contributed by atoms with Crippen molar-refractivity contribution in [1.29, 1.82) is 0 Å². The number of benzene rings is 2. The third-order valence-corrected chi connectivity index (χ3v) is 5.45. The Balaban J connectivity index is 2.14. The van der Waals surface area contributed by atoms with Crippen LogP contribution in [0, 0.1) is 0 Å². The Morgan fingerprint density at radius 2 is 1.62 bits per heavy atom. The van der Waals surface area contributed by atoms with E-state index in [0.29, 0.717) is 17.9 Å². The minimum Gasteiger partial charge on any atom is -0.325 e. The Bertz CT molecular complexity index is 750. The van der Waals surface area contributed by atoms with Crippen molar-refractivity contribution in [3.05, 3.63) is 60.7 Å². The lowest BCUT2D eigenvalue weighted by atomic mass is 10.2. The first kappa shape index (κ1) is 18.5. The standard InChI is InChI=1S/C17H20N2O3S2/c1-23-13-12-16(17(20)18-14-8-4-2-5-9-14)19-24(21,22)15-10-6-3-7-11-15/h2-11,16,19H,12-13H2,1H3,(H,18,20)/t16-/m0/s1. The Morgan fingerprint density at radius 1 is 1.04 bits per heavy atom. The molecule has 2 N–H and O–H groups in total. The molecule has 0 aliphatic carbocycles. The summed E-state index contributed by atoms with van der Waals surface area (Å²) in [4.78, 5) is 12.6. The maximum Gasteiger partial charge on any atom is 0.242 e. The number of hydrogen-bond donors (Lipinski definition) is 2. The van der Waals surface area contributed by atoms with Gasteiger partial charge in [0.2, 0.25) is 15.9 Å². The van der Waals surface area contributed by atoms with Crippen molar-refractivity contribution in [2.75, 3.05) is 17.3 Å². The molecule has 0 radical (unpaired) electrons. The third kappa shape index (κ3) is 5.36. The van der Waals surface area contributed by atoms with Gasteiger partial charge in [-0.05, 0) is 42.7 Å². The fraction of sp³-hybridized carbons (Fsp3) is 0.235. The zero-order chi connectivity index (χ0) is 17.4. The average Bonchev–Trinajstić information content (AvgIpc) is 2.60. The van der Waals surface area contributed by atoms with E-state index in [1.165, 1.54) is 12.1 Å². The smallest absolute Gasteiger partial charge is 0.242 e. The molecule has 0 saturated heterocycles. The van der Waals surface area contributed by atoms with E-state index in [1.807, 2.05) is 12.3 Å². The Labute approximate surface area is 146 Å². The number of rotatable bonds is 8. The molecule has 2 aromatic rings. The summed E-state index contributed by atoms with van der Waals surface area (Å²) in [6.07, 6.45) is 2.32. The number of carbonyl (C=O) groups is 1. The maximum atomic E-state index is 12.5. The molecule has 0 aliphatic heterocycles. The molecule has 7 heteroatoms. The van der Waals surface area contributed by atoms with Gasteiger partial charge in [0.15, 0.2) is 0 Å². The molecule has 0 unspecified atom stereocenters. The van der Waals surface area contributed by atoms with Crippen molar-refractivity contribution < 1.29 is 13.2 Å². The van der Waals surface area contributed by atoms with Crippen molar-refractivity contribution >= 4 is 33.4 Å². The highest BCUT2D eigenvalue weighted by atomic mass is 32.2. The second-order valence-corrected chi connectivity index (χ2v) is 7.82. The van der Waals surface area contributed by atoms with Gasteiger partial charge in [0, 0.05) is 5.69 Å². The minimum atomic E-state index is -3.75. The number of sulfonamides is 1. The van der Waals surface area contributed by atoms with E-state index in [1.54, 1.807) is 54.2 Å². The molecule has 0 heterocycles. The Hall–Kier alpha value is -1.83. The summed E-state index contributed by atoms with van der Waals surface area (Å²) in [6.45, 7) is 0. The van der Waals surface area contributed by atoms with Crippen LogP contribution in [0.3, 0.4) is 0 Å². The molecule has 1 atom stereocenters. The summed E-state index contributed by atoms with van der Waals surface area (Å²) in [5.74, 6) is 0.305. The van der Waals surface area contributed by atoms with E-state index in [9.17, 15) is 13.2 Å². The van der Waals surface area contributed by atoms with Crippen LogP contribution in [0.25, 0.3) is 0 Å². The Morgan fingerprint density at radius 3 is 2.21 bits per heavy atom. The van der Waals surface area contributed by atoms with Crippen LogP contribution >= 0.6 is 11.8 Å². The van der Waals surface area contributed by atoms with Crippen LogP contribution in [0.15, 0.2) is 65.6 Å². The number of carbonyl (C=O) groups excluding carboxylic acids is 1. The summed E-state index contributed by atoms with van der Waals surface area (Å²) >= 11 is 1.56. The van der Waals surface area contributed by atoms with E-state index in [4.69, 9.17) is 0 Å². The predicted octanol–water partition coefficient (Wildman–Crippen LogP) is 2.73. The zero-order valence-corrected chi connectivity index (χ0v) is 14.9. The van der Waals surface area contributed by atoms with Crippen LogP contribution in [-0.2, 0) is 14.8 Å². The molecule has 0 saturated carbocycles. The van der Waals surface area contributed by atoms with E-state index in [2.05, 4.69) is 10.0 Å². The molecule has 128 valence electrons. The molecule has 2 aromatic carbocycles. The Kier molecular flexibility index (Phi) is 6.84. The number of amides is 1. The molecule has 2 rings (SSSR count). The van der Waals surface area contributed by atoms with Crippen LogP contribution in [0.1, 0.15) is 6.42 Å². The van der Waals surface area contributed by atoms with E-state index in [0.717, 1.165) is 0 Å². The minimum absolute atomic E-state index is 0.145. The van der Waals surface area contributed by atoms with Gasteiger partial charge in [-0.3, -0.25) is 4.79 Å². The van der Waals surface area contributed by atoms with E-state index in [-0.39, 0.29) is 10.8 Å². The van der Waals surface area contributed by atoms with E-state index < -0.39 is 16.1 Å². The summed E-state index contributed by atoms with van der Waals surface area (Å²) in [6, 6.07) is 16.2. The first-order valence-electron chi connectivity index (χ1n) is 7.45. The van der Waals surface area contributed by atoms with Crippen LogP contribution in [0.4, 0.5) is 5.69 Å². The fourth-order valence-electron chi connectivity index (χ4n) is 2.09. The van der Waals surface area contributed by atoms with Gasteiger partial charge >= 0.3 is 0 Å². The first-order valence-corrected chi connectivity index (χ1v) is 10.3. The third-order valence-electron chi connectivity index (χ3n) is 3.32. The summed E-state index contributed by atoms with van der Waals surface area (Å²) in [5.41, 5.74) is 0.635. The monoisotopic (exact) mass is 364 g/mol. The number of nitrogens with one attached hydrogen (secondary N) is 2. The van der Waals surface area contributed by atoms with E-state index >= 15 is 0 Å². The average molecular weight is 364 g/mol. The molecular weight excluding hydrogens is 344 g/mol. The summed E-state index contributed by atoms with van der Waals surface area (Å²) < 4.78 is 27.4. The second-order valence-electron chi connectivity index (χ2n) is 5.12. The highest BCUT2D eigenvalue weighted by molar-refractivity contribution is 7.98. The summed E-state index contributed by atoms with van der Waals surface area (Å²) in [5, 5.41) is 2.75. The quantitative estimate of drug-likeness (QED) is 0.755. The van der Waals surface area contributed by atoms with Gasteiger partial charge in [-0.25, -0.2) is 8.42 Å². The van der Waals surface area contributed by atoms with Crippen molar-refractivity contribution in [1.82, 2.24) is 4.72 Å². The molecule has 0 spiro atoms. The van der Waals surface area contributed by atoms with Crippen molar-refractivity contribution in [2.45, 2.75) is 17.4 Å². The highest BCUT2D eigenvalue weighted by Crippen LogP contribution is 2.12. The normalized spacial score (nSPS) is 12.5. The van der Waals surface area contributed by atoms with Crippen molar-refractivity contribution in [3.63, 3.8) is 0 Å². The SMILES string of the molecule is CSCC[C@H](NS(=O)(=O)c1ccccc1)C(=O)Nc1ccccc1. The van der Waals surface area contributed by atoms with Gasteiger partial charge in [-0.1, -0.05) is 36.4 Å². The molecular formula is C17H20N2O3S2. The van der Waals surface area contributed by atoms with Crippen LogP contribution in [-0.4, -0.2) is 32.4 Å². The number of anilines is 1. The zero-order valence-electron chi connectivity index (χ0n) is 13.3. The summed E-state index contributed by atoms with van der Waals surface area (Å²) in [7, 11) is -3.75. The van der Waals surface area contributed by atoms with Gasteiger partial charge in [0.1, 0.15) is 6.04 Å². The molecule has 24 heavy (non-hydrogen) atoms. The molecule has 0 aliphatic rings. The molecule has 0 aromatic heterocycles. The number of hydrogen-bond acceptors (Lipinski definition) is 4. The van der Waals surface area contributed by atoms with Crippen LogP contribution in [0.5, 0.6) is 0 Å². The van der Waals surface area contributed by atoms with Crippen molar-refractivity contribution in [3.8, 4) is 0 Å². The van der Waals surface area contributed by atoms with Crippen molar-refractivity contribution in [2.24, 2.45) is 0 Å². The number of para-hydroxylation sites is 1. The van der Waals surface area contributed by atoms with Crippen LogP contribution in [0.2, 0.25) is 0 Å². The van der Waals surface area contributed by atoms with Gasteiger partial charge in [0.05, 0.1) is 4.90 Å². The lowest BCUT2D eigenvalue weighted by Gasteiger charge is -2.18. The molecule has 0 fully saturated rings. The maximum absolute atomic E-state index is 12.5. The lowest BCUT2D eigenvalue weighted by molar-refractivity contribution is -0.117. The first-order chi connectivity index (χ1) is 11.5. The van der Waals surface area contributed by atoms with Gasteiger partial charge in [-0.15, -0.1) is 0 Å². The predicted molar refractivity (Wildman–Crippen MR) is 98.6 cm³/mol. The molecule has 5 nitrogen and oxygen atoms in total. The molecule has 0 bridgehead atoms. The van der Waals surface area contributed by atoms with Gasteiger partial charge < -0.3 is 5.32 Å². The van der Waals surface area contributed by atoms with Gasteiger partial charge in [-0.2, -0.15) is 16.5 Å². The van der Waals surface area contributed by atoms with Gasteiger partial charge in [0.25, 0.3) is 0 Å². The van der Waals surface area contributed by atoms with Crippen LogP contribution < -0.4 is 10.0 Å². The highest BCUT2D eigenvalue weighted by Gasteiger charge is 2.25. The topological polar surface area (TPSA) is 75.3 Å².